The fraction of sp³-hybridized carbons (Fsp3) is 0.300. The highest BCUT2D eigenvalue weighted by Gasteiger charge is 2.02. The Bertz CT molecular complexity index is 323. The van der Waals surface area contributed by atoms with Gasteiger partial charge in [0.05, 0.1) is 0 Å². The largest absolute Gasteiger partial charge is 0.326 e. The maximum absolute atomic E-state index is 11.1. The van der Waals surface area contributed by atoms with E-state index in [2.05, 4.69) is 21.2 Å². The predicted octanol–water partition coefficient (Wildman–Crippen LogP) is 3.11. The number of carbonyl (C=O) groups is 1. The molecule has 0 heterocycles. The Balaban J connectivity index is 2.87. The Hall–Kier alpha value is -0.830. The van der Waals surface area contributed by atoms with Crippen molar-refractivity contribution in [2.24, 2.45) is 0 Å². The van der Waals surface area contributed by atoms with Gasteiger partial charge in [0.15, 0.2) is 0 Å². The van der Waals surface area contributed by atoms with Gasteiger partial charge in [-0.05, 0) is 24.6 Å². The third kappa shape index (κ3) is 2.84. The van der Waals surface area contributed by atoms with Crippen LogP contribution in [0.25, 0.3) is 0 Å². The van der Waals surface area contributed by atoms with Gasteiger partial charge in [0.1, 0.15) is 0 Å². The van der Waals surface area contributed by atoms with Crippen molar-refractivity contribution in [3.05, 3.63) is 28.2 Å². The molecule has 13 heavy (non-hydrogen) atoms. The van der Waals surface area contributed by atoms with Crippen molar-refractivity contribution in [1.29, 1.82) is 0 Å². The Labute approximate surface area is 86.5 Å². The van der Waals surface area contributed by atoms with E-state index < -0.39 is 0 Å². The van der Waals surface area contributed by atoms with Crippen molar-refractivity contribution in [1.82, 2.24) is 0 Å². The van der Waals surface area contributed by atoms with Crippen LogP contribution in [0.15, 0.2) is 22.7 Å². The molecular weight excluding hydrogens is 230 g/mol. The fourth-order valence-electron chi connectivity index (χ4n) is 0.967. The minimum absolute atomic E-state index is 0.0428. The first kappa shape index (κ1) is 10.3. The van der Waals surface area contributed by atoms with Crippen molar-refractivity contribution in [3.8, 4) is 0 Å². The van der Waals surface area contributed by atoms with Gasteiger partial charge in [0.2, 0.25) is 5.91 Å². The fourth-order valence-corrected chi connectivity index (χ4v) is 1.33. The second-order valence-electron chi connectivity index (χ2n) is 2.86. The zero-order chi connectivity index (χ0) is 9.84. The molecule has 0 aliphatic heterocycles. The van der Waals surface area contributed by atoms with Gasteiger partial charge >= 0.3 is 0 Å². The van der Waals surface area contributed by atoms with E-state index in [4.69, 9.17) is 0 Å². The van der Waals surface area contributed by atoms with E-state index in [1.165, 1.54) is 0 Å². The number of nitrogens with one attached hydrogen (secondary N) is 1. The average Bonchev–Trinajstić information content (AvgIpc) is 2.11. The summed E-state index contributed by atoms with van der Waals surface area (Å²) in [6, 6.07) is 5.83. The number of amides is 1. The molecule has 1 N–H and O–H groups in total. The van der Waals surface area contributed by atoms with E-state index in [9.17, 15) is 4.79 Å². The molecule has 1 rings (SSSR count). The summed E-state index contributed by atoms with van der Waals surface area (Å²) in [5.74, 6) is 0.0428. The van der Waals surface area contributed by atoms with E-state index in [1.807, 2.05) is 32.0 Å². The Kier molecular flexibility index (Phi) is 3.48. The lowest BCUT2D eigenvalue weighted by atomic mass is 10.2. The van der Waals surface area contributed by atoms with Crippen LogP contribution >= 0.6 is 15.9 Å². The summed E-state index contributed by atoms with van der Waals surface area (Å²) >= 11 is 3.36. The highest BCUT2D eigenvalue weighted by Crippen LogP contribution is 2.20. The molecule has 0 saturated heterocycles. The molecular formula is C10H12BrNO. The number of hydrogen-bond donors (Lipinski definition) is 1. The molecule has 1 aromatic carbocycles. The van der Waals surface area contributed by atoms with Crippen molar-refractivity contribution in [2.45, 2.75) is 20.3 Å². The molecule has 0 atom stereocenters. The molecule has 2 nitrogen and oxygen atoms in total. The highest BCUT2D eigenvalue weighted by atomic mass is 79.9. The molecule has 1 aromatic rings. The molecule has 1 amide bonds. The van der Waals surface area contributed by atoms with E-state index in [-0.39, 0.29) is 5.91 Å². The first-order valence-corrected chi connectivity index (χ1v) is 4.98. The first-order valence-electron chi connectivity index (χ1n) is 4.19. The SMILES string of the molecule is CCC(=O)Nc1cc(Br)ccc1C. The van der Waals surface area contributed by atoms with E-state index in [0.29, 0.717) is 6.42 Å². The van der Waals surface area contributed by atoms with Crippen molar-refractivity contribution in [3.63, 3.8) is 0 Å². The van der Waals surface area contributed by atoms with Crippen LogP contribution < -0.4 is 5.32 Å². The molecule has 0 aliphatic carbocycles. The number of hydrogen-bond acceptors (Lipinski definition) is 1. The maximum atomic E-state index is 11.1. The van der Waals surface area contributed by atoms with Gasteiger partial charge in [-0.1, -0.05) is 28.9 Å². The number of aryl methyl sites for hydroxylation is 1. The summed E-state index contributed by atoms with van der Waals surface area (Å²) in [7, 11) is 0. The summed E-state index contributed by atoms with van der Waals surface area (Å²) in [6.07, 6.45) is 0.506. The zero-order valence-electron chi connectivity index (χ0n) is 7.73. The molecule has 0 spiro atoms. The Morgan fingerprint density at radius 3 is 2.85 bits per heavy atom. The molecule has 0 fully saturated rings. The number of carbonyl (C=O) groups excluding carboxylic acids is 1. The summed E-state index contributed by atoms with van der Waals surface area (Å²) in [5.41, 5.74) is 1.95. The van der Waals surface area contributed by atoms with Gasteiger partial charge in [-0.15, -0.1) is 0 Å². The first-order chi connectivity index (χ1) is 6.13. The van der Waals surface area contributed by atoms with Crippen LogP contribution in [0.4, 0.5) is 5.69 Å². The van der Waals surface area contributed by atoms with Crippen LogP contribution in [-0.4, -0.2) is 5.91 Å². The predicted molar refractivity (Wildman–Crippen MR) is 57.8 cm³/mol. The Morgan fingerprint density at radius 1 is 1.54 bits per heavy atom. The number of rotatable bonds is 2. The van der Waals surface area contributed by atoms with Crippen LogP contribution in [0.5, 0.6) is 0 Å². The molecule has 0 radical (unpaired) electrons. The number of halogens is 1. The molecule has 0 bridgehead atoms. The summed E-state index contributed by atoms with van der Waals surface area (Å²) in [6.45, 7) is 3.81. The standard InChI is InChI=1S/C10H12BrNO/c1-3-10(13)12-9-6-8(11)5-4-7(9)2/h4-6H,3H2,1-2H3,(H,12,13). The number of benzene rings is 1. The van der Waals surface area contributed by atoms with Gasteiger partial charge in [-0.2, -0.15) is 0 Å². The minimum Gasteiger partial charge on any atom is -0.326 e. The van der Waals surface area contributed by atoms with E-state index in [1.54, 1.807) is 0 Å². The van der Waals surface area contributed by atoms with E-state index >= 15 is 0 Å². The van der Waals surface area contributed by atoms with Crippen LogP contribution in [0.1, 0.15) is 18.9 Å². The average molecular weight is 242 g/mol. The summed E-state index contributed by atoms with van der Waals surface area (Å²) < 4.78 is 0.976. The van der Waals surface area contributed by atoms with Crippen molar-refractivity contribution in [2.75, 3.05) is 5.32 Å². The van der Waals surface area contributed by atoms with Crippen LogP contribution in [-0.2, 0) is 4.79 Å². The maximum Gasteiger partial charge on any atom is 0.224 e. The smallest absolute Gasteiger partial charge is 0.224 e. The van der Waals surface area contributed by atoms with Gasteiger partial charge in [0, 0.05) is 16.6 Å². The van der Waals surface area contributed by atoms with Crippen molar-refractivity contribution < 1.29 is 4.79 Å². The third-order valence-corrected chi connectivity index (χ3v) is 2.29. The monoisotopic (exact) mass is 241 g/mol. The Morgan fingerprint density at radius 2 is 2.23 bits per heavy atom. The molecule has 0 aromatic heterocycles. The lowest BCUT2D eigenvalue weighted by Gasteiger charge is -2.07. The summed E-state index contributed by atoms with van der Waals surface area (Å²) in [4.78, 5) is 11.1. The third-order valence-electron chi connectivity index (χ3n) is 1.79. The topological polar surface area (TPSA) is 29.1 Å². The zero-order valence-corrected chi connectivity index (χ0v) is 9.31. The van der Waals surface area contributed by atoms with Gasteiger partial charge in [-0.3, -0.25) is 4.79 Å². The lowest BCUT2D eigenvalue weighted by molar-refractivity contribution is -0.115. The van der Waals surface area contributed by atoms with Crippen LogP contribution in [0, 0.1) is 6.92 Å². The van der Waals surface area contributed by atoms with Crippen molar-refractivity contribution >= 4 is 27.5 Å². The second-order valence-corrected chi connectivity index (χ2v) is 3.78. The second kappa shape index (κ2) is 4.42. The lowest BCUT2D eigenvalue weighted by Crippen LogP contribution is -2.10. The van der Waals surface area contributed by atoms with E-state index in [0.717, 1.165) is 15.7 Å². The van der Waals surface area contributed by atoms with Crippen LogP contribution in [0.3, 0.4) is 0 Å². The van der Waals surface area contributed by atoms with Gasteiger partial charge < -0.3 is 5.32 Å². The quantitative estimate of drug-likeness (QED) is 0.848. The highest BCUT2D eigenvalue weighted by molar-refractivity contribution is 9.10. The molecule has 0 saturated carbocycles. The molecule has 3 heteroatoms. The normalized spacial score (nSPS) is 9.77. The molecule has 0 aliphatic rings. The molecule has 70 valence electrons. The minimum atomic E-state index is 0.0428. The summed E-state index contributed by atoms with van der Waals surface area (Å²) in [5, 5.41) is 2.83. The molecule has 0 unspecified atom stereocenters. The number of anilines is 1. The van der Waals surface area contributed by atoms with Gasteiger partial charge in [-0.25, -0.2) is 0 Å². The van der Waals surface area contributed by atoms with Crippen LogP contribution in [0.2, 0.25) is 0 Å². The van der Waals surface area contributed by atoms with Gasteiger partial charge in [0.25, 0.3) is 0 Å².